The van der Waals surface area contributed by atoms with Gasteiger partial charge in [0.05, 0.1) is 17.7 Å². The Morgan fingerprint density at radius 3 is 2.31 bits per heavy atom. The molecule has 0 spiro atoms. The van der Waals surface area contributed by atoms with Crippen molar-refractivity contribution in [1.29, 1.82) is 5.26 Å². The fraction of sp³-hybridized carbons (Fsp3) is 0.500. The molecule has 2 heteroatoms. The summed E-state index contributed by atoms with van der Waals surface area (Å²) in [7, 11) is 0. The summed E-state index contributed by atoms with van der Waals surface area (Å²) in [4.78, 5) is 0. The lowest BCUT2D eigenvalue weighted by Crippen LogP contribution is -2.12. The number of hydrogen-bond donors (Lipinski definition) is 0. The second kappa shape index (κ2) is 5.55. The average molecular weight is 217 g/mol. The van der Waals surface area contributed by atoms with Crippen LogP contribution in [0.25, 0.3) is 0 Å². The molecule has 0 saturated heterocycles. The van der Waals surface area contributed by atoms with E-state index in [9.17, 15) is 0 Å². The van der Waals surface area contributed by atoms with Crippen LogP contribution in [0.3, 0.4) is 0 Å². The molecule has 0 aliphatic rings. The maximum absolute atomic E-state index is 8.85. The molecule has 16 heavy (non-hydrogen) atoms. The maximum atomic E-state index is 8.85. The molecule has 1 unspecified atom stereocenters. The first-order valence-electron chi connectivity index (χ1n) is 5.76. The molecule has 0 heterocycles. The standard InChI is InChI=1S/C14H19NO/c1-5-6-12(4)16-14-10(2)7-13(9-15)8-11(14)3/h7-8,12H,5-6H2,1-4H3. The normalized spacial score (nSPS) is 11.9. The third kappa shape index (κ3) is 3.00. The van der Waals surface area contributed by atoms with Crippen LogP contribution in [0.2, 0.25) is 0 Å². The lowest BCUT2D eigenvalue weighted by molar-refractivity contribution is 0.207. The quantitative estimate of drug-likeness (QED) is 0.769. The maximum Gasteiger partial charge on any atom is 0.125 e. The second-order valence-corrected chi connectivity index (χ2v) is 4.27. The summed E-state index contributed by atoms with van der Waals surface area (Å²) in [6, 6.07) is 5.91. The van der Waals surface area contributed by atoms with Crippen LogP contribution >= 0.6 is 0 Å². The lowest BCUT2D eigenvalue weighted by Gasteiger charge is -2.18. The Hall–Kier alpha value is -1.49. The van der Waals surface area contributed by atoms with Crippen molar-refractivity contribution >= 4 is 0 Å². The molecule has 0 aromatic heterocycles. The van der Waals surface area contributed by atoms with Crippen LogP contribution in [0.15, 0.2) is 12.1 Å². The van der Waals surface area contributed by atoms with Gasteiger partial charge < -0.3 is 4.74 Å². The number of ether oxygens (including phenoxy) is 1. The topological polar surface area (TPSA) is 33.0 Å². The SMILES string of the molecule is CCCC(C)Oc1c(C)cc(C#N)cc1C. The van der Waals surface area contributed by atoms with Crippen molar-refractivity contribution in [2.24, 2.45) is 0 Å². The molecule has 0 N–H and O–H groups in total. The predicted octanol–water partition coefficient (Wildman–Crippen LogP) is 3.74. The van der Waals surface area contributed by atoms with Gasteiger partial charge in [-0.3, -0.25) is 0 Å². The Labute approximate surface area is 97.9 Å². The van der Waals surface area contributed by atoms with Gasteiger partial charge in [0.25, 0.3) is 0 Å². The van der Waals surface area contributed by atoms with E-state index in [0.717, 1.165) is 29.7 Å². The van der Waals surface area contributed by atoms with Crippen LogP contribution in [-0.4, -0.2) is 6.10 Å². The first kappa shape index (κ1) is 12.6. The molecule has 0 radical (unpaired) electrons. The molecule has 0 bridgehead atoms. The highest BCUT2D eigenvalue weighted by molar-refractivity contribution is 5.47. The Bertz CT molecular complexity index is 381. The van der Waals surface area contributed by atoms with Crippen molar-refractivity contribution in [2.45, 2.75) is 46.6 Å². The van der Waals surface area contributed by atoms with E-state index in [1.54, 1.807) is 0 Å². The molecule has 0 fully saturated rings. The van der Waals surface area contributed by atoms with E-state index in [0.29, 0.717) is 5.56 Å². The van der Waals surface area contributed by atoms with E-state index in [1.807, 2.05) is 26.0 Å². The van der Waals surface area contributed by atoms with Crippen LogP contribution in [0, 0.1) is 25.2 Å². The average Bonchev–Trinajstić information content (AvgIpc) is 2.23. The Morgan fingerprint density at radius 2 is 1.88 bits per heavy atom. The van der Waals surface area contributed by atoms with E-state index in [-0.39, 0.29) is 6.10 Å². The number of nitriles is 1. The Balaban J connectivity index is 2.93. The zero-order valence-electron chi connectivity index (χ0n) is 10.5. The smallest absolute Gasteiger partial charge is 0.125 e. The molecule has 0 amide bonds. The van der Waals surface area contributed by atoms with Crippen LogP contribution in [0.5, 0.6) is 5.75 Å². The van der Waals surface area contributed by atoms with Gasteiger partial charge in [0.2, 0.25) is 0 Å². The van der Waals surface area contributed by atoms with Crippen LogP contribution in [0.1, 0.15) is 43.4 Å². The van der Waals surface area contributed by atoms with E-state index < -0.39 is 0 Å². The number of nitrogens with zero attached hydrogens (tertiary/aromatic N) is 1. The summed E-state index contributed by atoms with van der Waals surface area (Å²) in [5.74, 6) is 0.931. The largest absolute Gasteiger partial charge is 0.490 e. The summed E-state index contributed by atoms with van der Waals surface area (Å²) in [5, 5.41) is 8.85. The monoisotopic (exact) mass is 217 g/mol. The highest BCUT2D eigenvalue weighted by atomic mass is 16.5. The highest BCUT2D eigenvalue weighted by Crippen LogP contribution is 2.26. The van der Waals surface area contributed by atoms with Gasteiger partial charge in [-0.05, 0) is 50.5 Å². The summed E-state index contributed by atoms with van der Waals surface area (Å²) in [5.41, 5.74) is 2.78. The third-order valence-corrected chi connectivity index (χ3v) is 2.60. The molecule has 1 atom stereocenters. The molecule has 1 aromatic carbocycles. The molecule has 86 valence electrons. The zero-order valence-corrected chi connectivity index (χ0v) is 10.5. The second-order valence-electron chi connectivity index (χ2n) is 4.27. The summed E-state index contributed by atoms with van der Waals surface area (Å²) < 4.78 is 5.91. The summed E-state index contributed by atoms with van der Waals surface area (Å²) >= 11 is 0. The molecule has 0 aliphatic carbocycles. The van der Waals surface area contributed by atoms with E-state index in [1.165, 1.54) is 0 Å². The number of benzene rings is 1. The third-order valence-electron chi connectivity index (χ3n) is 2.60. The van der Waals surface area contributed by atoms with Gasteiger partial charge in [-0.1, -0.05) is 13.3 Å². The van der Waals surface area contributed by atoms with Crippen LogP contribution in [-0.2, 0) is 0 Å². The highest BCUT2D eigenvalue weighted by Gasteiger charge is 2.09. The van der Waals surface area contributed by atoms with Gasteiger partial charge in [-0.25, -0.2) is 0 Å². The molecule has 2 nitrogen and oxygen atoms in total. The molecule has 0 aliphatic heterocycles. The van der Waals surface area contributed by atoms with E-state index in [2.05, 4.69) is 19.9 Å². The van der Waals surface area contributed by atoms with E-state index >= 15 is 0 Å². The lowest BCUT2D eigenvalue weighted by atomic mass is 10.1. The Kier molecular flexibility index (Phi) is 4.37. The van der Waals surface area contributed by atoms with Crippen LogP contribution < -0.4 is 4.74 Å². The van der Waals surface area contributed by atoms with Crippen molar-refractivity contribution < 1.29 is 4.74 Å². The van der Waals surface area contributed by atoms with Gasteiger partial charge in [0.1, 0.15) is 5.75 Å². The Morgan fingerprint density at radius 1 is 1.31 bits per heavy atom. The summed E-state index contributed by atoms with van der Waals surface area (Å²) in [6.45, 7) is 8.21. The predicted molar refractivity (Wildman–Crippen MR) is 65.6 cm³/mol. The minimum Gasteiger partial charge on any atom is -0.490 e. The minimum absolute atomic E-state index is 0.232. The number of hydrogen-bond acceptors (Lipinski definition) is 2. The fourth-order valence-corrected chi connectivity index (χ4v) is 1.87. The van der Waals surface area contributed by atoms with Crippen molar-refractivity contribution in [3.63, 3.8) is 0 Å². The van der Waals surface area contributed by atoms with Gasteiger partial charge >= 0.3 is 0 Å². The van der Waals surface area contributed by atoms with Crippen molar-refractivity contribution in [3.05, 3.63) is 28.8 Å². The van der Waals surface area contributed by atoms with Crippen LogP contribution in [0.4, 0.5) is 0 Å². The van der Waals surface area contributed by atoms with Crippen molar-refractivity contribution in [3.8, 4) is 11.8 Å². The van der Waals surface area contributed by atoms with Gasteiger partial charge in [-0.2, -0.15) is 5.26 Å². The van der Waals surface area contributed by atoms with Crippen molar-refractivity contribution in [2.75, 3.05) is 0 Å². The first-order valence-corrected chi connectivity index (χ1v) is 5.76. The summed E-state index contributed by atoms with van der Waals surface area (Å²) in [6.07, 6.45) is 2.41. The van der Waals surface area contributed by atoms with Gasteiger partial charge in [0, 0.05) is 0 Å². The van der Waals surface area contributed by atoms with Gasteiger partial charge in [0.15, 0.2) is 0 Å². The number of aryl methyl sites for hydroxylation is 2. The molecular weight excluding hydrogens is 198 g/mol. The van der Waals surface area contributed by atoms with Gasteiger partial charge in [-0.15, -0.1) is 0 Å². The number of rotatable bonds is 4. The van der Waals surface area contributed by atoms with E-state index in [4.69, 9.17) is 10.00 Å². The first-order chi connectivity index (χ1) is 7.58. The molecule has 1 aromatic rings. The van der Waals surface area contributed by atoms with Crippen molar-refractivity contribution in [1.82, 2.24) is 0 Å². The zero-order chi connectivity index (χ0) is 12.1. The minimum atomic E-state index is 0.232. The fourth-order valence-electron chi connectivity index (χ4n) is 1.87. The molecule has 1 rings (SSSR count). The molecular formula is C14H19NO. The molecule has 0 saturated carbocycles.